The molecule has 0 aromatic carbocycles. The van der Waals surface area contributed by atoms with Gasteiger partial charge in [0.25, 0.3) is 0 Å². The first-order valence-electron chi connectivity index (χ1n) is 10.0. The van der Waals surface area contributed by atoms with E-state index in [2.05, 4.69) is 35.9 Å². The van der Waals surface area contributed by atoms with Crippen LogP contribution in [-0.2, 0) is 12.4 Å². The van der Waals surface area contributed by atoms with Crippen LogP contribution in [0.25, 0.3) is 27.9 Å². The Kier molecular flexibility index (Phi) is 5.11. The van der Waals surface area contributed by atoms with E-state index in [0.717, 1.165) is 12.1 Å². The highest BCUT2D eigenvalue weighted by atomic mass is 19.4. The van der Waals surface area contributed by atoms with Gasteiger partial charge in [0.2, 0.25) is 5.95 Å². The van der Waals surface area contributed by atoms with Crippen molar-refractivity contribution in [1.29, 1.82) is 0 Å². The van der Waals surface area contributed by atoms with Crippen LogP contribution in [-0.4, -0.2) is 55.1 Å². The third-order valence-corrected chi connectivity index (χ3v) is 5.41. The number of hydrogen-bond donors (Lipinski definition) is 3. The third-order valence-electron chi connectivity index (χ3n) is 5.41. The molecule has 2 atom stereocenters. The van der Waals surface area contributed by atoms with E-state index >= 15 is 0 Å². The standard InChI is InChI=1S/C19H15F7N8/c20-8-4-9(6-27-5-8)29-17-28-7-10(18(21,22)23)14(30-17)15-13-11-2-1-3-12(19(24,25)26)34(11)33-16(13)32-31-15/h1-3,7-9,27H,4-6H2,(H,32,33)(H,28,29,30)/t8-,9-/m0/s1. The number of halogens is 7. The SMILES string of the molecule is F[C@@H]1CNC[C@@H](Nc2ncc(C(F)(F)F)c(-c3n[nH]c4nn5c(C(F)(F)F)cccc5c34)n2)C1. The second kappa shape index (κ2) is 7.78. The van der Waals surface area contributed by atoms with Crippen molar-refractivity contribution in [2.24, 2.45) is 0 Å². The molecule has 15 heteroatoms. The lowest BCUT2D eigenvalue weighted by Gasteiger charge is -2.26. The lowest BCUT2D eigenvalue weighted by atomic mass is 10.1. The molecule has 5 heterocycles. The molecule has 34 heavy (non-hydrogen) atoms. The first-order chi connectivity index (χ1) is 16.0. The van der Waals surface area contributed by atoms with E-state index in [9.17, 15) is 30.7 Å². The molecule has 8 nitrogen and oxygen atoms in total. The Balaban J connectivity index is 1.66. The van der Waals surface area contributed by atoms with Gasteiger partial charge >= 0.3 is 12.4 Å². The number of nitrogens with one attached hydrogen (secondary N) is 3. The fourth-order valence-electron chi connectivity index (χ4n) is 3.95. The number of rotatable bonds is 3. The molecule has 0 spiro atoms. The van der Waals surface area contributed by atoms with Gasteiger partial charge in [0.05, 0.1) is 10.9 Å². The van der Waals surface area contributed by atoms with Crippen LogP contribution in [0.2, 0.25) is 0 Å². The van der Waals surface area contributed by atoms with E-state index in [0.29, 0.717) is 17.3 Å². The first-order valence-corrected chi connectivity index (χ1v) is 10.0. The summed E-state index contributed by atoms with van der Waals surface area (Å²) in [6.45, 7) is 0.512. The van der Waals surface area contributed by atoms with Gasteiger partial charge in [-0.1, -0.05) is 6.07 Å². The summed E-state index contributed by atoms with van der Waals surface area (Å²) in [7, 11) is 0. The number of nitrogens with zero attached hydrogens (tertiary/aromatic N) is 5. The summed E-state index contributed by atoms with van der Waals surface area (Å²) in [6.07, 6.45) is -10.1. The van der Waals surface area contributed by atoms with Gasteiger partial charge in [-0.05, 0) is 12.1 Å². The molecule has 1 aliphatic rings. The Morgan fingerprint density at radius 1 is 1.03 bits per heavy atom. The fraction of sp³-hybridized carbons (Fsp3) is 0.368. The van der Waals surface area contributed by atoms with E-state index in [1.165, 1.54) is 6.07 Å². The number of pyridine rings is 1. The van der Waals surface area contributed by atoms with Crippen molar-refractivity contribution in [3.05, 3.63) is 35.7 Å². The van der Waals surface area contributed by atoms with Crippen LogP contribution in [0.15, 0.2) is 24.4 Å². The van der Waals surface area contributed by atoms with Crippen LogP contribution >= 0.6 is 0 Å². The van der Waals surface area contributed by atoms with E-state index in [4.69, 9.17) is 0 Å². The molecule has 0 bridgehead atoms. The first kappa shape index (κ1) is 22.3. The summed E-state index contributed by atoms with van der Waals surface area (Å²) in [5.41, 5.74) is -3.58. The van der Waals surface area contributed by atoms with E-state index < -0.39 is 41.5 Å². The van der Waals surface area contributed by atoms with Crippen molar-refractivity contribution in [3.8, 4) is 11.4 Å². The smallest absolute Gasteiger partial charge is 0.350 e. The van der Waals surface area contributed by atoms with Crippen molar-refractivity contribution >= 4 is 22.5 Å². The topological polar surface area (TPSA) is 95.8 Å². The minimum atomic E-state index is -4.88. The van der Waals surface area contributed by atoms with Gasteiger partial charge in [0, 0.05) is 31.7 Å². The average molecular weight is 488 g/mol. The zero-order valence-electron chi connectivity index (χ0n) is 17.0. The number of hydrogen-bond acceptors (Lipinski definition) is 6. The molecule has 5 rings (SSSR count). The van der Waals surface area contributed by atoms with Crippen LogP contribution < -0.4 is 10.6 Å². The Morgan fingerprint density at radius 2 is 1.82 bits per heavy atom. The summed E-state index contributed by atoms with van der Waals surface area (Å²) in [4.78, 5) is 7.69. The number of piperidine rings is 1. The number of alkyl halides is 7. The van der Waals surface area contributed by atoms with Gasteiger partial charge in [0.1, 0.15) is 28.8 Å². The molecule has 0 unspecified atom stereocenters. The average Bonchev–Trinajstić information content (AvgIpc) is 3.31. The van der Waals surface area contributed by atoms with Crippen LogP contribution in [0.4, 0.5) is 36.7 Å². The van der Waals surface area contributed by atoms with Gasteiger partial charge in [-0.2, -0.15) is 31.4 Å². The van der Waals surface area contributed by atoms with E-state index in [1.54, 1.807) is 0 Å². The Hall–Kier alpha value is -3.49. The normalized spacial score (nSPS) is 19.7. The minimum Gasteiger partial charge on any atom is -0.350 e. The number of H-pyrrole nitrogens is 1. The third kappa shape index (κ3) is 3.89. The van der Waals surface area contributed by atoms with Gasteiger partial charge in [0.15, 0.2) is 5.65 Å². The quantitative estimate of drug-likeness (QED) is 0.380. The highest BCUT2D eigenvalue weighted by molar-refractivity contribution is 6.02. The maximum Gasteiger partial charge on any atom is 0.433 e. The zero-order chi connectivity index (χ0) is 24.3. The number of anilines is 1. The lowest BCUT2D eigenvalue weighted by molar-refractivity contribution is -0.142. The minimum absolute atomic E-state index is 0.0654. The molecule has 4 aromatic rings. The molecule has 0 aliphatic carbocycles. The van der Waals surface area contributed by atoms with Crippen LogP contribution in [0.3, 0.4) is 0 Å². The molecule has 1 aliphatic heterocycles. The number of aromatic nitrogens is 6. The Morgan fingerprint density at radius 3 is 2.53 bits per heavy atom. The van der Waals surface area contributed by atoms with Crippen LogP contribution in [0, 0.1) is 0 Å². The summed E-state index contributed by atoms with van der Waals surface area (Å²) >= 11 is 0. The zero-order valence-corrected chi connectivity index (χ0v) is 17.0. The molecule has 1 saturated heterocycles. The molecule has 3 N–H and O–H groups in total. The molecular formula is C19H15F7N8. The Bertz CT molecular complexity index is 1360. The molecular weight excluding hydrogens is 473 g/mol. The van der Waals surface area contributed by atoms with Crippen molar-refractivity contribution in [3.63, 3.8) is 0 Å². The van der Waals surface area contributed by atoms with Crippen molar-refractivity contribution in [1.82, 2.24) is 35.1 Å². The lowest BCUT2D eigenvalue weighted by Crippen LogP contribution is -2.44. The maximum atomic E-state index is 13.8. The predicted molar refractivity (Wildman–Crippen MR) is 106 cm³/mol. The predicted octanol–water partition coefficient (Wildman–Crippen LogP) is 3.82. The number of aromatic amines is 1. The molecule has 0 amide bonds. The van der Waals surface area contributed by atoms with Crippen molar-refractivity contribution < 1.29 is 30.7 Å². The summed E-state index contributed by atoms with van der Waals surface area (Å²) in [6, 6.07) is 2.73. The number of fused-ring (bicyclic) bond motifs is 3. The van der Waals surface area contributed by atoms with E-state index in [1.807, 2.05) is 0 Å². The summed E-state index contributed by atoms with van der Waals surface area (Å²) in [5, 5.41) is 15.7. The van der Waals surface area contributed by atoms with Gasteiger partial charge in [-0.25, -0.2) is 18.9 Å². The van der Waals surface area contributed by atoms with Crippen molar-refractivity contribution in [2.75, 3.05) is 18.4 Å². The fourth-order valence-corrected chi connectivity index (χ4v) is 3.95. The monoisotopic (exact) mass is 488 g/mol. The Labute approximate surface area is 185 Å². The highest BCUT2D eigenvalue weighted by Gasteiger charge is 2.38. The van der Waals surface area contributed by atoms with Crippen LogP contribution in [0.1, 0.15) is 17.7 Å². The largest absolute Gasteiger partial charge is 0.433 e. The maximum absolute atomic E-state index is 13.8. The molecule has 1 fully saturated rings. The second-order valence-electron chi connectivity index (χ2n) is 7.79. The van der Waals surface area contributed by atoms with Crippen molar-refractivity contribution in [2.45, 2.75) is 31.0 Å². The summed E-state index contributed by atoms with van der Waals surface area (Å²) < 4.78 is 95.8. The van der Waals surface area contributed by atoms with Gasteiger partial charge < -0.3 is 10.6 Å². The summed E-state index contributed by atoms with van der Waals surface area (Å²) in [5.74, 6) is -0.201. The van der Waals surface area contributed by atoms with Crippen LogP contribution in [0.5, 0.6) is 0 Å². The van der Waals surface area contributed by atoms with E-state index in [-0.39, 0.29) is 41.2 Å². The molecule has 0 radical (unpaired) electrons. The highest BCUT2D eigenvalue weighted by Crippen LogP contribution is 2.39. The molecule has 0 saturated carbocycles. The molecule has 4 aromatic heterocycles. The molecule has 180 valence electrons. The van der Waals surface area contributed by atoms with Gasteiger partial charge in [-0.15, -0.1) is 5.10 Å². The second-order valence-corrected chi connectivity index (χ2v) is 7.79. The van der Waals surface area contributed by atoms with Gasteiger partial charge in [-0.3, -0.25) is 5.10 Å².